The van der Waals surface area contributed by atoms with Crippen LogP contribution in [0, 0.1) is 5.82 Å². The maximum absolute atomic E-state index is 13.6. The van der Waals surface area contributed by atoms with Gasteiger partial charge in [0.05, 0.1) is 24.4 Å². The minimum absolute atomic E-state index is 0.0213. The number of anilines is 2. The van der Waals surface area contributed by atoms with E-state index < -0.39 is 5.82 Å². The Morgan fingerprint density at radius 1 is 1.03 bits per heavy atom. The highest BCUT2D eigenvalue weighted by molar-refractivity contribution is 6.31. The minimum Gasteiger partial charge on any atom is -0.493 e. The predicted molar refractivity (Wildman–Crippen MR) is 124 cm³/mol. The van der Waals surface area contributed by atoms with Gasteiger partial charge in [-0.05, 0) is 53.9 Å². The first kappa shape index (κ1) is 21.8. The van der Waals surface area contributed by atoms with Crippen LogP contribution in [0.1, 0.15) is 0 Å². The fraction of sp³-hybridized carbons (Fsp3) is 0.167. The van der Waals surface area contributed by atoms with Crippen LogP contribution in [0.3, 0.4) is 0 Å². The Morgan fingerprint density at radius 2 is 1.91 bits per heavy atom. The summed E-state index contributed by atoms with van der Waals surface area (Å²) >= 11 is 5.97. The monoisotopic (exact) mass is 453 g/mol. The lowest BCUT2D eigenvalue weighted by Gasteiger charge is -2.16. The van der Waals surface area contributed by atoms with Crippen LogP contribution >= 0.6 is 11.6 Å². The lowest BCUT2D eigenvalue weighted by atomic mass is 10.1. The van der Waals surface area contributed by atoms with Crippen LogP contribution in [0.15, 0.2) is 60.9 Å². The van der Waals surface area contributed by atoms with Crippen molar-refractivity contribution in [1.29, 1.82) is 0 Å². The second kappa shape index (κ2) is 9.80. The van der Waals surface area contributed by atoms with Crippen LogP contribution < -0.4 is 14.8 Å². The molecule has 0 saturated carbocycles. The lowest BCUT2D eigenvalue weighted by molar-refractivity contribution is 0.144. The van der Waals surface area contributed by atoms with Crippen molar-refractivity contribution in [2.24, 2.45) is 0 Å². The molecule has 0 radical (unpaired) electrons. The Morgan fingerprint density at radius 3 is 2.62 bits per heavy atom. The van der Waals surface area contributed by atoms with Crippen molar-refractivity contribution < 1.29 is 18.6 Å². The summed E-state index contributed by atoms with van der Waals surface area (Å²) in [5.74, 6) is 1.22. The fourth-order valence-corrected chi connectivity index (χ4v) is 3.42. The van der Waals surface area contributed by atoms with E-state index in [1.165, 1.54) is 12.1 Å². The first-order valence-electron chi connectivity index (χ1n) is 9.86. The van der Waals surface area contributed by atoms with Gasteiger partial charge >= 0.3 is 0 Å². The Labute approximate surface area is 189 Å². The maximum atomic E-state index is 13.6. The number of aromatic nitrogens is 2. The number of rotatable bonds is 8. The van der Waals surface area contributed by atoms with Crippen molar-refractivity contribution in [3.05, 3.63) is 71.8 Å². The molecule has 8 heteroatoms. The van der Waals surface area contributed by atoms with Crippen molar-refractivity contribution in [1.82, 2.24) is 9.97 Å². The molecule has 0 saturated heterocycles. The highest BCUT2D eigenvalue weighted by Gasteiger charge is 2.14. The van der Waals surface area contributed by atoms with Gasteiger partial charge in [0.25, 0.3) is 0 Å². The molecule has 2 aromatic carbocycles. The van der Waals surface area contributed by atoms with Crippen LogP contribution in [0.2, 0.25) is 5.02 Å². The molecule has 2 aromatic heterocycles. The second-order valence-corrected chi connectivity index (χ2v) is 7.32. The van der Waals surface area contributed by atoms with Crippen LogP contribution in [0.25, 0.3) is 22.0 Å². The molecule has 2 heterocycles. The largest absolute Gasteiger partial charge is 0.493 e. The molecular formula is C24H21ClFN3O3. The third-order valence-electron chi connectivity index (χ3n) is 4.80. The number of fused-ring (bicyclic) bond motifs is 1. The van der Waals surface area contributed by atoms with E-state index in [0.29, 0.717) is 36.2 Å². The molecule has 0 aliphatic rings. The molecule has 0 atom stereocenters. The van der Waals surface area contributed by atoms with E-state index >= 15 is 0 Å². The number of pyridine rings is 2. The zero-order valence-corrected chi connectivity index (χ0v) is 18.3. The summed E-state index contributed by atoms with van der Waals surface area (Å²) in [6.07, 6.45) is 3.45. The summed E-state index contributed by atoms with van der Waals surface area (Å²) < 4.78 is 30.1. The van der Waals surface area contributed by atoms with E-state index in [1.807, 2.05) is 30.3 Å². The van der Waals surface area contributed by atoms with Gasteiger partial charge in [-0.15, -0.1) is 0 Å². The van der Waals surface area contributed by atoms with Gasteiger partial charge in [0.1, 0.15) is 18.2 Å². The Kier molecular flexibility index (Phi) is 6.68. The summed E-state index contributed by atoms with van der Waals surface area (Å²) in [5.41, 5.74) is 2.18. The number of hydrogen-bond donors (Lipinski definition) is 1. The topological polar surface area (TPSA) is 65.5 Å². The average Bonchev–Trinajstić information content (AvgIpc) is 2.81. The molecule has 1 N–H and O–H groups in total. The van der Waals surface area contributed by atoms with Crippen molar-refractivity contribution in [3.8, 4) is 22.8 Å². The van der Waals surface area contributed by atoms with E-state index in [9.17, 15) is 4.39 Å². The van der Waals surface area contributed by atoms with E-state index in [1.54, 1.807) is 32.7 Å². The van der Waals surface area contributed by atoms with Crippen molar-refractivity contribution >= 4 is 33.9 Å². The van der Waals surface area contributed by atoms with Crippen LogP contribution in [0.4, 0.5) is 15.9 Å². The number of nitrogens with one attached hydrogen (secondary N) is 1. The van der Waals surface area contributed by atoms with Gasteiger partial charge in [-0.25, -0.2) is 9.37 Å². The fourth-order valence-electron chi connectivity index (χ4n) is 3.24. The van der Waals surface area contributed by atoms with Gasteiger partial charge in [-0.2, -0.15) is 0 Å². The summed E-state index contributed by atoms with van der Waals surface area (Å²) in [6.45, 7) is 0.814. The summed E-state index contributed by atoms with van der Waals surface area (Å²) in [7, 11) is 3.20. The molecule has 164 valence electrons. The quantitative estimate of drug-likeness (QED) is 0.337. The molecule has 4 aromatic rings. The lowest BCUT2D eigenvalue weighted by Crippen LogP contribution is -2.05. The molecule has 0 aliphatic carbocycles. The Balaban J connectivity index is 1.86. The molecule has 0 spiro atoms. The van der Waals surface area contributed by atoms with E-state index in [4.69, 9.17) is 30.8 Å². The van der Waals surface area contributed by atoms with Crippen molar-refractivity contribution in [2.75, 3.05) is 32.8 Å². The standard InChI is InChI=1S/C24H21ClFN3O3/c1-30-8-9-32-23-13-18-16(11-22(23)31-2)10-21(15-4-3-7-27-14-15)29-24(18)28-17-5-6-20(26)19(25)12-17/h3-7,10-14H,8-9H2,1-2H3,(H,28,29). The first-order chi connectivity index (χ1) is 15.6. The third-order valence-corrected chi connectivity index (χ3v) is 5.09. The Hall–Kier alpha value is -3.42. The molecule has 32 heavy (non-hydrogen) atoms. The molecule has 4 rings (SSSR count). The molecule has 0 aliphatic heterocycles. The number of halogens is 2. The van der Waals surface area contributed by atoms with Gasteiger partial charge in [-0.1, -0.05) is 11.6 Å². The SMILES string of the molecule is COCCOc1cc2c(Nc3ccc(F)c(Cl)c3)nc(-c3cccnc3)cc2cc1OC. The molecule has 0 amide bonds. The highest BCUT2D eigenvalue weighted by atomic mass is 35.5. The third kappa shape index (κ3) is 4.74. The molecule has 0 unspecified atom stereocenters. The smallest absolute Gasteiger partial charge is 0.162 e. The van der Waals surface area contributed by atoms with E-state index in [2.05, 4.69) is 10.3 Å². The van der Waals surface area contributed by atoms with Crippen molar-refractivity contribution in [3.63, 3.8) is 0 Å². The van der Waals surface area contributed by atoms with Gasteiger partial charge in [0.15, 0.2) is 11.5 Å². The summed E-state index contributed by atoms with van der Waals surface area (Å²) in [5, 5.41) is 4.95. The molecule has 0 bridgehead atoms. The van der Waals surface area contributed by atoms with Gasteiger partial charge in [0, 0.05) is 36.1 Å². The minimum atomic E-state index is -0.488. The van der Waals surface area contributed by atoms with Gasteiger partial charge in [-0.3, -0.25) is 4.98 Å². The van der Waals surface area contributed by atoms with E-state index in [-0.39, 0.29) is 5.02 Å². The van der Waals surface area contributed by atoms with Crippen LogP contribution in [0.5, 0.6) is 11.5 Å². The van der Waals surface area contributed by atoms with Crippen molar-refractivity contribution in [2.45, 2.75) is 0 Å². The molecule has 0 fully saturated rings. The average molecular weight is 454 g/mol. The first-order valence-corrected chi connectivity index (χ1v) is 10.2. The maximum Gasteiger partial charge on any atom is 0.162 e. The normalized spacial score (nSPS) is 10.9. The predicted octanol–water partition coefficient (Wildman–Crippen LogP) is 5.87. The number of benzene rings is 2. The highest BCUT2D eigenvalue weighted by Crippen LogP contribution is 2.38. The number of ether oxygens (including phenoxy) is 3. The zero-order chi connectivity index (χ0) is 22.5. The number of nitrogens with zero attached hydrogens (tertiary/aromatic N) is 2. The number of methoxy groups -OCH3 is 2. The van der Waals surface area contributed by atoms with E-state index in [0.717, 1.165) is 22.0 Å². The van der Waals surface area contributed by atoms with Crippen LogP contribution in [-0.4, -0.2) is 37.4 Å². The summed E-state index contributed by atoms with van der Waals surface area (Å²) in [4.78, 5) is 8.99. The molecular weight excluding hydrogens is 433 g/mol. The zero-order valence-electron chi connectivity index (χ0n) is 17.6. The number of hydrogen-bond acceptors (Lipinski definition) is 6. The second-order valence-electron chi connectivity index (χ2n) is 6.92. The summed E-state index contributed by atoms with van der Waals surface area (Å²) in [6, 6.07) is 13.9. The van der Waals surface area contributed by atoms with Gasteiger partial charge < -0.3 is 19.5 Å². The molecule has 6 nitrogen and oxygen atoms in total. The Bertz CT molecular complexity index is 1240. The van der Waals surface area contributed by atoms with Gasteiger partial charge in [0.2, 0.25) is 0 Å². The van der Waals surface area contributed by atoms with Crippen LogP contribution in [-0.2, 0) is 4.74 Å².